The molecule has 0 aliphatic carbocycles. The summed E-state index contributed by atoms with van der Waals surface area (Å²) >= 11 is 0. The SMILES string of the molecule is CC(OC(=O)Cc1noc2ccccc12)C(=O)Nc1cc(F)ccc1F. The van der Waals surface area contributed by atoms with Crippen molar-refractivity contribution in [2.45, 2.75) is 19.4 Å². The number of hydrogen-bond acceptors (Lipinski definition) is 5. The number of nitrogens with zero attached hydrogens (tertiary/aromatic N) is 1. The van der Waals surface area contributed by atoms with Crippen molar-refractivity contribution in [3.63, 3.8) is 0 Å². The van der Waals surface area contributed by atoms with Crippen molar-refractivity contribution < 1.29 is 27.6 Å². The van der Waals surface area contributed by atoms with Crippen LogP contribution in [-0.2, 0) is 20.7 Å². The van der Waals surface area contributed by atoms with Gasteiger partial charge in [0, 0.05) is 11.5 Å². The van der Waals surface area contributed by atoms with E-state index in [0.29, 0.717) is 16.7 Å². The molecule has 1 N–H and O–H groups in total. The smallest absolute Gasteiger partial charge is 0.312 e. The zero-order valence-electron chi connectivity index (χ0n) is 13.7. The number of hydrogen-bond donors (Lipinski definition) is 1. The summed E-state index contributed by atoms with van der Waals surface area (Å²) in [6.07, 6.45) is -1.40. The fourth-order valence-corrected chi connectivity index (χ4v) is 2.32. The van der Waals surface area contributed by atoms with Gasteiger partial charge >= 0.3 is 5.97 Å². The number of rotatable bonds is 5. The van der Waals surface area contributed by atoms with Crippen LogP contribution in [0.3, 0.4) is 0 Å². The van der Waals surface area contributed by atoms with Gasteiger partial charge in [-0.25, -0.2) is 8.78 Å². The zero-order valence-corrected chi connectivity index (χ0v) is 13.7. The first-order valence-electron chi connectivity index (χ1n) is 7.72. The van der Waals surface area contributed by atoms with Crippen molar-refractivity contribution in [1.82, 2.24) is 5.16 Å². The van der Waals surface area contributed by atoms with Gasteiger partial charge in [-0.05, 0) is 31.2 Å². The van der Waals surface area contributed by atoms with E-state index in [2.05, 4.69) is 10.5 Å². The maximum absolute atomic E-state index is 13.5. The minimum atomic E-state index is -1.21. The van der Waals surface area contributed by atoms with Gasteiger partial charge in [-0.15, -0.1) is 0 Å². The number of para-hydroxylation sites is 1. The number of carbonyl (C=O) groups excluding carboxylic acids is 2. The average Bonchev–Trinajstić information content (AvgIpc) is 3.01. The number of fused-ring (bicyclic) bond motifs is 1. The van der Waals surface area contributed by atoms with Crippen LogP contribution in [0, 0.1) is 11.6 Å². The van der Waals surface area contributed by atoms with Crippen molar-refractivity contribution in [3.05, 3.63) is 59.8 Å². The normalized spacial score (nSPS) is 12.0. The minimum absolute atomic E-state index is 0.192. The number of nitrogens with one attached hydrogen (secondary N) is 1. The molecule has 6 nitrogen and oxygen atoms in total. The monoisotopic (exact) mass is 360 g/mol. The molecule has 1 amide bonds. The van der Waals surface area contributed by atoms with Gasteiger partial charge in [0.15, 0.2) is 11.7 Å². The van der Waals surface area contributed by atoms with Crippen LogP contribution in [0.25, 0.3) is 11.0 Å². The highest BCUT2D eigenvalue weighted by Gasteiger charge is 2.21. The van der Waals surface area contributed by atoms with Gasteiger partial charge in [-0.2, -0.15) is 0 Å². The number of benzene rings is 2. The first-order chi connectivity index (χ1) is 12.4. The number of carbonyl (C=O) groups is 2. The summed E-state index contributed by atoms with van der Waals surface area (Å²) in [6.45, 7) is 1.32. The molecule has 0 fully saturated rings. The molecule has 0 radical (unpaired) electrons. The van der Waals surface area contributed by atoms with E-state index in [4.69, 9.17) is 9.26 Å². The van der Waals surface area contributed by atoms with E-state index in [1.165, 1.54) is 6.92 Å². The number of halogens is 2. The summed E-state index contributed by atoms with van der Waals surface area (Å²) in [5.74, 6) is -2.99. The van der Waals surface area contributed by atoms with Crippen molar-refractivity contribution in [2.24, 2.45) is 0 Å². The average molecular weight is 360 g/mol. The Kier molecular flexibility index (Phi) is 4.92. The van der Waals surface area contributed by atoms with Gasteiger partial charge in [0.1, 0.15) is 17.3 Å². The summed E-state index contributed by atoms with van der Waals surface area (Å²) in [6, 6.07) is 9.65. The van der Waals surface area contributed by atoms with E-state index >= 15 is 0 Å². The summed E-state index contributed by atoms with van der Waals surface area (Å²) < 4.78 is 36.8. The van der Waals surface area contributed by atoms with E-state index in [1.807, 2.05) is 0 Å². The summed E-state index contributed by atoms with van der Waals surface area (Å²) in [7, 11) is 0. The fraction of sp³-hybridized carbons (Fsp3) is 0.167. The zero-order chi connectivity index (χ0) is 18.7. The number of ether oxygens (including phenoxy) is 1. The second kappa shape index (κ2) is 7.30. The molecule has 1 unspecified atom stereocenters. The van der Waals surface area contributed by atoms with Crippen LogP contribution in [0.5, 0.6) is 0 Å². The summed E-state index contributed by atoms with van der Waals surface area (Å²) in [5, 5.41) is 6.66. The van der Waals surface area contributed by atoms with Crippen molar-refractivity contribution in [1.29, 1.82) is 0 Å². The van der Waals surface area contributed by atoms with Gasteiger partial charge in [0.2, 0.25) is 0 Å². The highest BCUT2D eigenvalue weighted by Crippen LogP contribution is 2.19. The molecule has 3 aromatic rings. The molecule has 1 heterocycles. The maximum Gasteiger partial charge on any atom is 0.312 e. The van der Waals surface area contributed by atoms with E-state index in [9.17, 15) is 18.4 Å². The number of anilines is 1. The highest BCUT2D eigenvalue weighted by molar-refractivity contribution is 5.95. The van der Waals surface area contributed by atoms with Gasteiger partial charge < -0.3 is 14.6 Å². The van der Waals surface area contributed by atoms with Crippen LogP contribution in [0.15, 0.2) is 47.0 Å². The van der Waals surface area contributed by atoms with Crippen LogP contribution >= 0.6 is 0 Å². The summed E-state index contributed by atoms with van der Waals surface area (Å²) in [4.78, 5) is 24.0. The molecule has 0 spiro atoms. The lowest BCUT2D eigenvalue weighted by Crippen LogP contribution is -2.30. The molecule has 26 heavy (non-hydrogen) atoms. The molecule has 0 aliphatic rings. The molecule has 1 atom stereocenters. The topological polar surface area (TPSA) is 81.4 Å². The molecular weight excluding hydrogens is 346 g/mol. The second-order valence-corrected chi connectivity index (χ2v) is 5.55. The largest absolute Gasteiger partial charge is 0.452 e. The lowest BCUT2D eigenvalue weighted by molar-refractivity contribution is -0.152. The highest BCUT2D eigenvalue weighted by atomic mass is 19.1. The first-order valence-corrected chi connectivity index (χ1v) is 7.72. The molecular formula is C18H14F2N2O4. The fourth-order valence-electron chi connectivity index (χ4n) is 2.32. The van der Waals surface area contributed by atoms with Gasteiger partial charge in [-0.3, -0.25) is 9.59 Å². The van der Waals surface area contributed by atoms with Crippen LogP contribution in [0.4, 0.5) is 14.5 Å². The lowest BCUT2D eigenvalue weighted by atomic mass is 10.2. The molecule has 0 bridgehead atoms. The Morgan fingerprint density at radius 3 is 2.81 bits per heavy atom. The predicted molar refractivity (Wildman–Crippen MR) is 88.3 cm³/mol. The molecule has 2 aromatic carbocycles. The summed E-state index contributed by atoms with van der Waals surface area (Å²) in [5.41, 5.74) is 0.581. The van der Waals surface area contributed by atoms with Crippen molar-refractivity contribution in [3.8, 4) is 0 Å². The quantitative estimate of drug-likeness (QED) is 0.707. The van der Waals surface area contributed by atoms with Crippen molar-refractivity contribution in [2.75, 3.05) is 5.32 Å². The van der Waals surface area contributed by atoms with Gasteiger partial charge in [0.05, 0.1) is 12.1 Å². The van der Waals surface area contributed by atoms with Crippen LogP contribution < -0.4 is 5.32 Å². The third kappa shape index (κ3) is 3.85. The lowest BCUT2D eigenvalue weighted by Gasteiger charge is -2.13. The third-order valence-electron chi connectivity index (χ3n) is 3.63. The minimum Gasteiger partial charge on any atom is -0.452 e. The van der Waals surface area contributed by atoms with E-state index < -0.39 is 29.6 Å². The Hall–Kier alpha value is -3.29. The van der Waals surface area contributed by atoms with Crippen molar-refractivity contribution >= 4 is 28.5 Å². The molecule has 1 aromatic heterocycles. The molecule has 134 valence electrons. The Morgan fingerprint density at radius 1 is 1.23 bits per heavy atom. The van der Waals surface area contributed by atoms with Gasteiger partial charge in [0.25, 0.3) is 5.91 Å². The van der Waals surface area contributed by atoms with Crippen LogP contribution in [0.2, 0.25) is 0 Å². The molecule has 8 heteroatoms. The predicted octanol–water partition coefficient (Wildman–Crippen LogP) is 3.22. The standard InChI is InChI=1S/C18H14F2N2O4/c1-10(18(24)21-15-8-11(19)6-7-13(15)20)25-17(23)9-14-12-4-2-3-5-16(12)26-22-14/h2-8,10H,9H2,1H3,(H,21,24). The third-order valence-corrected chi connectivity index (χ3v) is 3.63. The van der Waals surface area contributed by atoms with E-state index in [0.717, 1.165) is 18.2 Å². The number of amides is 1. The maximum atomic E-state index is 13.5. The second-order valence-electron chi connectivity index (χ2n) is 5.55. The Morgan fingerprint density at radius 2 is 2.00 bits per heavy atom. The van der Waals surface area contributed by atoms with Crippen LogP contribution in [-0.4, -0.2) is 23.1 Å². The Labute approximate surface area is 146 Å². The molecule has 0 saturated heterocycles. The van der Waals surface area contributed by atoms with E-state index in [1.54, 1.807) is 24.3 Å². The molecule has 0 saturated carbocycles. The van der Waals surface area contributed by atoms with E-state index in [-0.39, 0.29) is 12.1 Å². The molecule has 3 rings (SSSR count). The first kappa shape index (κ1) is 17.5. The Bertz CT molecular complexity index is 971. The van der Waals surface area contributed by atoms with Gasteiger partial charge in [-0.1, -0.05) is 17.3 Å². The number of esters is 1. The number of aromatic nitrogens is 1. The van der Waals surface area contributed by atoms with Crippen LogP contribution in [0.1, 0.15) is 12.6 Å². The molecule has 0 aliphatic heterocycles. The Balaban J connectivity index is 1.61.